The number of fused-ring (bicyclic) bond motifs is 1. The second-order valence-electron chi connectivity index (χ2n) is 12.5. The molecule has 0 spiro atoms. The zero-order valence-corrected chi connectivity index (χ0v) is 26.6. The fourth-order valence-corrected chi connectivity index (χ4v) is 6.49. The van der Waals surface area contributed by atoms with Crippen molar-refractivity contribution in [3.05, 3.63) is 101 Å². The fraction of sp³-hybridized carbons (Fsp3) is 0.351. The van der Waals surface area contributed by atoms with Crippen LogP contribution in [0.2, 0.25) is 5.02 Å². The van der Waals surface area contributed by atoms with E-state index in [1.807, 2.05) is 18.2 Å². The van der Waals surface area contributed by atoms with E-state index in [2.05, 4.69) is 5.32 Å². The van der Waals surface area contributed by atoms with Gasteiger partial charge in [-0.3, -0.25) is 9.59 Å². The Morgan fingerprint density at radius 1 is 0.872 bits per heavy atom. The number of hydrogen-bond donors (Lipinski definition) is 3. The summed E-state index contributed by atoms with van der Waals surface area (Å²) in [5.74, 6) is -5.09. The van der Waals surface area contributed by atoms with Gasteiger partial charge in [-0.15, -0.1) is 0 Å². The van der Waals surface area contributed by atoms with Crippen LogP contribution in [0.25, 0.3) is 21.9 Å². The zero-order valence-electron chi connectivity index (χ0n) is 25.9. The van der Waals surface area contributed by atoms with Crippen molar-refractivity contribution in [3.63, 3.8) is 0 Å². The number of piperidine rings is 1. The van der Waals surface area contributed by atoms with Crippen molar-refractivity contribution in [2.45, 2.75) is 68.7 Å². The number of rotatable bonds is 9. The Hall–Kier alpha value is -4.05. The molecular formula is C37H38ClF2N3O4. The molecule has 10 heteroatoms. The van der Waals surface area contributed by atoms with E-state index in [0.717, 1.165) is 47.8 Å². The Morgan fingerprint density at radius 2 is 1.47 bits per heavy atom. The topological polar surface area (TPSA) is 105 Å². The summed E-state index contributed by atoms with van der Waals surface area (Å²) in [6, 6.07) is 20.7. The normalized spacial score (nSPS) is 17.4. The maximum absolute atomic E-state index is 16.3. The van der Waals surface area contributed by atoms with E-state index in [1.165, 1.54) is 29.2 Å². The predicted octanol–water partition coefficient (Wildman–Crippen LogP) is 6.74. The Kier molecular flexibility index (Phi) is 9.77. The maximum atomic E-state index is 16.3. The van der Waals surface area contributed by atoms with E-state index in [1.54, 1.807) is 42.5 Å². The number of carbonyl (C=O) groups is 2. The molecule has 0 unspecified atom stereocenters. The van der Waals surface area contributed by atoms with Gasteiger partial charge < -0.3 is 25.8 Å². The third kappa shape index (κ3) is 7.43. The lowest BCUT2D eigenvalue weighted by molar-refractivity contribution is -0.152. The minimum Gasteiger partial charge on any atom is -0.490 e. The first-order valence-corrected chi connectivity index (χ1v) is 16.4. The number of aliphatic hydroxyl groups excluding tert-OH is 1. The number of likely N-dealkylation sites (tertiary alicyclic amines) is 1. The molecule has 1 aliphatic heterocycles. The number of aliphatic hydroxyl groups is 1. The van der Waals surface area contributed by atoms with Crippen molar-refractivity contribution in [2.24, 2.45) is 5.73 Å². The monoisotopic (exact) mass is 661 g/mol. The van der Waals surface area contributed by atoms with E-state index in [0.29, 0.717) is 23.4 Å². The SMILES string of the molecule is NC1CCN(C(=O)[C@H](NC(=O)[C@H](O)c2ccc3cc(OC4CCCC4)ccc3c2)C(F)(F)c2ccc(-c3ccc(Cl)cc3)cc2)CC1. The van der Waals surface area contributed by atoms with Crippen LogP contribution in [-0.4, -0.2) is 53.1 Å². The molecule has 0 radical (unpaired) electrons. The second-order valence-corrected chi connectivity index (χ2v) is 12.9. The standard InChI is InChI=1S/C37H38ClF2N3O4/c38-29-14-9-24(10-15-29)23-7-12-28(13-8-23)37(39,40)34(36(46)43-19-17-30(41)18-20-43)42-35(45)33(44)27-6-5-26-22-32(16-11-25(26)21-27)47-31-3-1-2-4-31/h5-16,21-22,30-31,33-34,44H,1-4,17-20,41H2,(H,42,45)/t33-,34+/m1/s1. The minimum atomic E-state index is -3.80. The van der Waals surface area contributed by atoms with Crippen molar-refractivity contribution >= 4 is 34.2 Å². The molecule has 4 aromatic rings. The molecule has 0 bridgehead atoms. The molecular weight excluding hydrogens is 624 g/mol. The van der Waals surface area contributed by atoms with E-state index < -0.39 is 35.4 Å². The highest BCUT2D eigenvalue weighted by atomic mass is 35.5. The third-order valence-corrected chi connectivity index (χ3v) is 9.45. The van der Waals surface area contributed by atoms with Gasteiger partial charge in [0.05, 0.1) is 6.10 Å². The van der Waals surface area contributed by atoms with Crippen molar-refractivity contribution < 1.29 is 28.2 Å². The van der Waals surface area contributed by atoms with Gasteiger partial charge in [-0.25, -0.2) is 0 Å². The van der Waals surface area contributed by atoms with E-state index in [9.17, 15) is 14.7 Å². The largest absolute Gasteiger partial charge is 0.490 e. The van der Waals surface area contributed by atoms with Crippen LogP contribution in [0.5, 0.6) is 5.75 Å². The van der Waals surface area contributed by atoms with Crippen molar-refractivity contribution in [1.29, 1.82) is 0 Å². The van der Waals surface area contributed by atoms with E-state index >= 15 is 8.78 Å². The van der Waals surface area contributed by atoms with Crippen LogP contribution in [0.1, 0.15) is 55.8 Å². The lowest BCUT2D eigenvalue weighted by Gasteiger charge is -2.36. The molecule has 1 heterocycles. The van der Waals surface area contributed by atoms with Crippen LogP contribution in [0.4, 0.5) is 8.78 Å². The van der Waals surface area contributed by atoms with E-state index in [4.69, 9.17) is 22.1 Å². The summed E-state index contributed by atoms with van der Waals surface area (Å²) >= 11 is 5.98. The minimum absolute atomic E-state index is 0.131. The van der Waals surface area contributed by atoms with Crippen LogP contribution in [-0.2, 0) is 15.5 Å². The number of halogens is 3. The van der Waals surface area contributed by atoms with Crippen LogP contribution in [0, 0.1) is 0 Å². The van der Waals surface area contributed by atoms with Gasteiger partial charge >= 0.3 is 5.92 Å². The molecule has 2 amide bonds. The highest BCUT2D eigenvalue weighted by Gasteiger charge is 2.49. The van der Waals surface area contributed by atoms with Gasteiger partial charge in [0.15, 0.2) is 12.1 Å². The summed E-state index contributed by atoms with van der Waals surface area (Å²) < 4.78 is 38.7. The van der Waals surface area contributed by atoms with Crippen molar-refractivity contribution in [3.8, 4) is 16.9 Å². The van der Waals surface area contributed by atoms with Crippen LogP contribution < -0.4 is 15.8 Å². The molecule has 4 aromatic carbocycles. The Bertz CT molecular complexity index is 1720. The maximum Gasteiger partial charge on any atom is 0.301 e. The summed E-state index contributed by atoms with van der Waals surface area (Å²) in [5, 5.41) is 15.4. The molecule has 2 aliphatic rings. The fourth-order valence-electron chi connectivity index (χ4n) is 6.36. The number of alkyl halides is 2. The summed E-state index contributed by atoms with van der Waals surface area (Å²) in [4.78, 5) is 28.4. The van der Waals surface area contributed by atoms with Crippen LogP contribution in [0.15, 0.2) is 84.9 Å². The predicted molar refractivity (Wildman–Crippen MR) is 178 cm³/mol. The first-order chi connectivity index (χ1) is 22.6. The molecule has 1 saturated carbocycles. The number of hydrogen-bond acceptors (Lipinski definition) is 5. The van der Waals surface area contributed by atoms with Crippen molar-refractivity contribution in [2.75, 3.05) is 13.1 Å². The van der Waals surface area contributed by atoms with Gasteiger partial charge in [0.25, 0.3) is 11.8 Å². The molecule has 246 valence electrons. The number of nitrogens with zero attached hydrogens (tertiary/aromatic N) is 1. The number of ether oxygens (including phenoxy) is 1. The second kappa shape index (κ2) is 14.0. The average Bonchev–Trinajstić information content (AvgIpc) is 3.60. The highest BCUT2D eigenvalue weighted by molar-refractivity contribution is 6.30. The first-order valence-electron chi connectivity index (χ1n) is 16.1. The molecule has 0 aromatic heterocycles. The Labute approximate surface area is 277 Å². The molecule has 6 rings (SSSR count). The molecule has 4 N–H and O–H groups in total. The number of nitrogens with two attached hydrogens (primary N) is 1. The molecule has 2 fully saturated rings. The van der Waals surface area contributed by atoms with Gasteiger partial charge in [0.1, 0.15) is 5.75 Å². The van der Waals surface area contributed by atoms with Gasteiger partial charge in [0.2, 0.25) is 0 Å². The van der Waals surface area contributed by atoms with Crippen molar-refractivity contribution in [1.82, 2.24) is 10.2 Å². The third-order valence-electron chi connectivity index (χ3n) is 9.20. The quantitative estimate of drug-likeness (QED) is 0.184. The number of amides is 2. The number of benzene rings is 4. The first kappa shape index (κ1) is 32.9. The van der Waals surface area contributed by atoms with Gasteiger partial charge in [-0.1, -0.05) is 66.2 Å². The van der Waals surface area contributed by atoms with Gasteiger partial charge in [-0.2, -0.15) is 8.78 Å². The van der Waals surface area contributed by atoms with Gasteiger partial charge in [0, 0.05) is 29.7 Å². The average molecular weight is 662 g/mol. The molecule has 2 atom stereocenters. The molecule has 1 saturated heterocycles. The van der Waals surface area contributed by atoms with Gasteiger partial charge in [-0.05, 0) is 96.3 Å². The van der Waals surface area contributed by atoms with Crippen LogP contribution in [0.3, 0.4) is 0 Å². The van der Waals surface area contributed by atoms with E-state index in [-0.39, 0.29) is 30.8 Å². The lowest BCUT2D eigenvalue weighted by Crippen LogP contribution is -2.58. The molecule has 47 heavy (non-hydrogen) atoms. The lowest BCUT2D eigenvalue weighted by atomic mass is 9.95. The summed E-state index contributed by atoms with van der Waals surface area (Å²) in [5.41, 5.74) is 7.22. The smallest absolute Gasteiger partial charge is 0.301 e. The number of nitrogens with one attached hydrogen (secondary N) is 1. The van der Waals surface area contributed by atoms with Crippen LogP contribution >= 0.6 is 11.6 Å². The Morgan fingerprint density at radius 3 is 2.13 bits per heavy atom. The zero-order chi connectivity index (χ0) is 33.1. The Balaban J connectivity index is 1.23. The molecule has 1 aliphatic carbocycles. The summed E-state index contributed by atoms with van der Waals surface area (Å²) in [6.07, 6.45) is 3.70. The summed E-state index contributed by atoms with van der Waals surface area (Å²) in [7, 11) is 0. The molecule has 7 nitrogen and oxygen atoms in total. The summed E-state index contributed by atoms with van der Waals surface area (Å²) in [6.45, 7) is 0.384. The highest BCUT2D eigenvalue weighted by Crippen LogP contribution is 2.36. The number of carbonyl (C=O) groups excluding carboxylic acids is 2.